The molecule has 1 N–H and O–H groups in total. The number of hydrogen-bond donors (Lipinski definition) is 1. The van der Waals surface area contributed by atoms with E-state index in [4.69, 9.17) is 10.1 Å². The molecule has 34 heavy (non-hydrogen) atoms. The molecule has 0 spiro atoms. The first kappa shape index (κ1) is 22.4. The summed E-state index contributed by atoms with van der Waals surface area (Å²) in [4.78, 5) is 18.3. The number of carbonyl (C=O) groups is 1. The third-order valence-electron chi connectivity index (χ3n) is 6.09. The highest BCUT2D eigenvalue weighted by Gasteiger charge is 2.34. The highest BCUT2D eigenvalue weighted by atomic mass is 32.2. The fourth-order valence-electron chi connectivity index (χ4n) is 4.10. The normalized spacial score (nSPS) is 17.4. The molecule has 0 bridgehead atoms. The molecule has 0 radical (unpaired) electrons. The van der Waals surface area contributed by atoms with Gasteiger partial charge in [-0.25, -0.2) is 5.01 Å². The van der Waals surface area contributed by atoms with Crippen molar-refractivity contribution in [3.63, 3.8) is 0 Å². The van der Waals surface area contributed by atoms with Crippen LogP contribution in [-0.4, -0.2) is 16.1 Å². The van der Waals surface area contributed by atoms with E-state index >= 15 is 0 Å². The maximum Gasteiger partial charge on any atom is 0.276 e. The summed E-state index contributed by atoms with van der Waals surface area (Å²) in [6.45, 7) is 8.68. The second kappa shape index (κ2) is 8.76. The van der Waals surface area contributed by atoms with Gasteiger partial charge in [-0.15, -0.1) is 5.10 Å². The summed E-state index contributed by atoms with van der Waals surface area (Å²) >= 11 is 1.52. The zero-order chi connectivity index (χ0) is 23.9. The van der Waals surface area contributed by atoms with Gasteiger partial charge < -0.3 is 0 Å². The van der Waals surface area contributed by atoms with Gasteiger partial charge in [0.05, 0.1) is 5.36 Å². The maximum atomic E-state index is 13.3. The minimum Gasteiger partial charge on any atom is -0.298 e. The lowest BCUT2D eigenvalue weighted by molar-refractivity contribution is -0.116. The molecule has 5 rings (SSSR count). The van der Waals surface area contributed by atoms with Crippen LogP contribution in [0.4, 0.5) is 0 Å². The zero-order valence-corrected chi connectivity index (χ0v) is 20.7. The fraction of sp³-hybridized carbons (Fsp3) is 0.250. The number of amides is 1. The Bertz CT molecular complexity index is 1390. The van der Waals surface area contributed by atoms with Gasteiger partial charge in [-0.05, 0) is 35.1 Å². The van der Waals surface area contributed by atoms with Gasteiger partial charge in [-0.3, -0.25) is 15.1 Å². The second-order valence-electron chi connectivity index (χ2n) is 9.72. The van der Waals surface area contributed by atoms with E-state index in [0.29, 0.717) is 10.9 Å². The van der Waals surface area contributed by atoms with Gasteiger partial charge in [0, 0.05) is 11.0 Å². The van der Waals surface area contributed by atoms with Crippen molar-refractivity contribution in [2.75, 3.05) is 0 Å². The van der Waals surface area contributed by atoms with Crippen LogP contribution in [0.25, 0.3) is 5.70 Å². The van der Waals surface area contributed by atoms with Crippen molar-refractivity contribution >= 4 is 28.5 Å². The van der Waals surface area contributed by atoms with Crippen molar-refractivity contribution < 1.29 is 4.79 Å². The van der Waals surface area contributed by atoms with Gasteiger partial charge in [0.1, 0.15) is 5.70 Å². The van der Waals surface area contributed by atoms with E-state index in [9.17, 15) is 4.79 Å². The van der Waals surface area contributed by atoms with E-state index in [1.54, 1.807) is 5.01 Å². The molecule has 6 heteroatoms. The quantitative estimate of drug-likeness (QED) is 0.621. The summed E-state index contributed by atoms with van der Waals surface area (Å²) in [6, 6.07) is 24.7. The Morgan fingerprint density at radius 1 is 0.971 bits per heavy atom. The fourth-order valence-corrected chi connectivity index (χ4v) is 4.91. The number of fused-ring (bicyclic) bond motifs is 2. The number of amidine groups is 1. The molecule has 0 fully saturated rings. The van der Waals surface area contributed by atoms with E-state index in [-0.39, 0.29) is 11.3 Å². The molecule has 0 aliphatic carbocycles. The molecule has 2 aliphatic heterocycles. The molecule has 0 aromatic heterocycles. The molecular formula is C28H28N4OS. The SMILES string of the molecule is Cc1ccc(CSC2=NN3C(=c4ccccc4=NC3c3ccc(C(C)(C)C)cc3)C(=O)N2)cc1. The van der Waals surface area contributed by atoms with Crippen LogP contribution in [0.2, 0.25) is 0 Å². The standard InChI is InChI=1S/C28H28N4OS/c1-18-9-11-19(12-10-18)17-34-27-30-26(33)24-22-7-5-6-8-23(22)29-25(32(24)31-27)20-13-15-21(16-14-20)28(2,3)4/h5-16,25H,17H2,1-4H3,(H,30,31,33). The van der Waals surface area contributed by atoms with Crippen molar-refractivity contribution in [1.29, 1.82) is 0 Å². The Hall–Kier alpha value is -3.38. The summed E-state index contributed by atoms with van der Waals surface area (Å²) in [6.07, 6.45) is -0.403. The molecule has 3 aromatic rings. The molecule has 2 heterocycles. The monoisotopic (exact) mass is 468 g/mol. The average Bonchev–Trinajstić information content (AvgIpc) is 2.82. The van der Waals surface area contributed by atoms with E-state index in [2.05, 4.69) is 81.5 Å². The summed E-state index contributed by atoms with van der Waals surface area (Å²) in [5.41, 5.74) is 5.27. The second-order valence-corrected chi connectivity index (χ2v) is 10.7. The summed E-state index contributed by atoms with van der Waals surface area (Å²) in [5.74, 6) is 0.571. The Morgan fingerprint density at radius 3 is 2.38 bits per heavy atom. The number of rotatable bonds is 3. The van der Waals surface area contributed by atoms with Crippen LogP contribution in [-0.2, 0) is 16.0 Å². The minimum atomic E-state index is -0.403. The Labute approximate surface area is 204 Å². The van der Waals surface area contributed by atoms with Crippen LogP contribution in [0.1, 0.15) is 49.2 Å². The number of carbonyl (C=O) groups excluding carboxylic acids is 1. The predicted molar refractivity (Wildman–Crippen MR) is 138 cm³/mol. The Kier molecular flexibility index (Phi) is 5.78. The summed E-state index contributed by atoms with van der Waals surface area (Å²) in [7, 11) is 0. The van der Waals surface area contributed by atoms with Crippen LogP contribution in [0.5, 0.6) is 0 Å². The van der Waals surface area contributed by atoms with Gasteiger partial charge in [-0.2, -0.15) is 0 Å². The molecular weight excluding hydrogens is 440 g/mol. The zero-order valence-electron chi connectivity index (χ0n) is 19.9. The van der Waals surface area contributed by atoms with Gasteiger partial charge in [0.15, 0.2) is 11.3 Å². The smallest absolute Gasteiger partial charge is 0.276 e. The van der Waals surface area contributed by atoms with Crippen molar-refractivity contribution in [2.45, 2.75) is 45.0 Å². The topological polar surface area (TPSA) is 57.1 Å². The van der Waals surface area contributed by atoms with Gasteiger partial charge in [0.2, 0.25) is 0 Å². The third kappa shape index (κ3) is 4.38. The molecule has 5 nitrogen and oxygen atoms in total. The van der Waals surface area contributed by atoms with Gasteiger partial charge in [-0.1, -0.05) is 105 Å². The number of hydrazone groups is 1. The molecule has 1 unspecified atom stereocenters. The van der Waals surface area contributed by atoms with Crippen molar-refractivity contribution in [3.05, 3.63) is 106 Å². The highest BCUT2D eigenvalue weighted by molar-refractivity contribution is 8.13. The van der Waals surface area contributed by atoms with E-state index in [1.165, 1.54) is 28.5 Å². The lowest BCUT2D eigenvalue weighted by atomic mass is 9.86. The van der Waals surface area contributed by atoms with Crippen LogP contribution in [0.3, 0.4) is 0 Å². The molecule has 1 amide bonds. The lowest BCUT2D eigenvalue weighted by Crippen LogP contribution is -2.50. The van der Waals surface area contributed by atoms with Gasteiger partial charge >= 0.3 is 0 Å². The number of aryl methyl sites for hydroxylation is 1. The first-order valence-electron chi connectivity index (χ1n) is 11.4. The van der Waals surface area contributed by atoms with Crippen LogP contribution in [0.15, 0.2) is 82.9 Å². The summed E-state index contributed by atoms with van der Waals surface area (Å²) in [5, 5.41) is 11.8. The van der Waals surface area contributed by atoms with Crippen molar-refractivity contribution in [1.82, 2.24) is 10.3 Å². The minimum absolute atomic E-state index is 0.0646. The predicted octanol–water partition coefficient (Wildman–Crippen LogP) is 4.37. The molecule has 1 atom stereocenters. The number of para-hydroxylation sites is 1. The third-order valence-corrected chi connectivity index (χ3v) is 7.02. The largest absolute Gasteiger partial charge is 0.298 e. The number of thioether (sulfide) groups is 1. The Morgan fingerprint density at radius 2 is 1.68 bits per heavy atom. The first-order chi connectivity index (χ1) is 16.3. The van der Waals surface area contributed by atoms with Crippen LogP contribution < -0.4 is 15.9 Å². The molecule has 172 valence electrons. The number of benzene rings is 3. The number of hydrogen-bond acceptors (Lipinski definition) is 5. The van der Waals surface area contributed by atoms with E-state index in [0.717, 1.165) is 21.9 Å². The van der Waals surface area contributed by atoms with E-state index < -0.39 is 6.17 Å². The molecule has 0 saturated carbocycles. The highest BCUT2D eigenvalue weighted by Crippen LogP contribution is 2.32. The molecule has 0 saturated heterocycles. The van der Waals surface area contributed by atoms with Gasteiger partial charge in [0.25, 0.3) is 5.91 Å². The van der Waals surface area contributed by atoms with Crippen molar-refractivity contribution in [2.24, 2.45) is 10.1 Å². The molecule has 2 aliphatic rings. The maximum absolute atomic E-state index is 13.3. The molecule has 3 aromatic carbocycles. The van der Waals surface area contributed by atoms with Crippen LogP contribution in [0, 0.1) is 6.92 Å². The number of nitrogens with zero attached hydrogens (tertiary/aromatic N) is 3. The first-order valence-corrected chi connectivity index (χ1v) is 12.4. The van der Waals surface area contributed by atoms with E-state index in [1.807, 2.05) is 24.3 Å². The Balaban J connectivity index is 1.53. The lowest BCUT2D eigenvalue weighted by Gasteiger charge is -2.34. The number of nitrogens with one attached hydrogen (secondary N) is 1. The van der Waals surface area contributed by atoms with Crippen LogP contribution >= 0.6 is 11.8 Å². The summed E-state index contributed by atoms with van der Waals surface area (Å²) < 4.78 is 0. The van der Waals surface area contributed by atoms with Crippen molar-refractivity contribution in [3.8, 4) is 0 Å². The average molecular weight is 469 g/mol.